The van der Waals surface area contributed by atoms with Crippen molar-refractivity contribution in [2.45, 2.75) is 12.2 Å². The lowest BCUT2D eigenvalue weighted by molar-refractivity contribution is -0.145. The molecular formula is C20H17NO5. The molecule has 0 saturated carbocycles. The van der Waals surface area contributed by atoms with Crippen molar-refractivity contribution >= 4 is 17.6 Å². The fourth-order valence-electron chi connectivity index (χ4n) is 3.41. The first-order valence-corrected chi connectivity index (χ1v) is 8.33. The number of carboxylic acids is 1. The molecule has 132 valence electrons. The van der Waals surface area contributed by atoms with Crippen molar-refractivity contribution in [2.75, 3.05) is 5.32 Å². The summed E-state index contributed by atoms with van der Waals surface area (Å²) >= 11 is 0. The highest BCUT2D eigenvalue weighted by Gasteiger charge is 2.53. The number of rotatable bonds is 5. The second-order valence-electron chi connectivity index (χ2n) is 6.24. The highest BCUT2D eigenvalue weighted by Crippen LogP contribution is 2.40. The summed E-state index contributed by atoms with van der Waals surface area (Å²) in [5.41, 5.74) is 0.484. The Labute approximate surface area is 150 Å². The van der Waals surface area contributed by atoms with Gasteiger partial charge in [0.1, 0.15) is 11.7 Å². The second kappa shape index (κ2) is 6.65. The summed E-state index contributed by atoms with van der Waals surface area (Å²) in [4.78, 5) is 24.3. The molecule has 1 amide bonds. The topological polar surface area (TPSA) is 84.9 Å². The van der Waals surface area contributed by atoms with Crippen LogP contribution in [0.3, 0.4) is 0 Å². The van der Waals surface area contributed by atoms with Gasteiger partial charge in [0.2, 0.25) is 5.91 Å². The number of carbonyl (C=O) groups excluding carboxylic acids is 1. The number of anilines is 1. The van der Waals surface area contributed by atoms with Crippen LogP contribution in [0.15, 0.2) is 66.7 Å². The highest BCUT2D eigenvalue weighted by atomic mass is 16.5. The number of para-hydroxylation sites is 3. The minimum absolute atomic E-state index is 0.390. The lowest BCUT2D eigenvalue weighted by atomic mass is 9.82. The van der Waals surface area contributed by atoms with Gasteiger partial charge in [0.25, 0.3) is 0 Å². The van der Waals surface area contributed by atoms with Crippen molar-refractivity contribution in [3.05, 3.63) is 66.7 Å². The maximum absolute atomic E-state index is 12.8. The molecule has 0 aliphatic carbocycles. The molecular weight excluding hydrogens is 334 g/mol. The number of hydrogen-bond acceptors (Lipinski definition) is 4. The van der Waals surface area contributed by atoms with Gasteiger partial charge in [-0.05, 0) is 24.3 Å². The molecule has 4 atom stereocenters. The van der Waals surface area contributed by atoms with Gasteiger partial charge < -0.3 is 19.9 Å². The van der Waals surface area contributed by atoms with Gasteiger partial charge in [-0.1, -0.05) is 42.5 Å². The first-order valence-electron chi connectivity index (χ1n) is 8.33. The zero-order valence-electron chi connectivity index (χ0n) is 13.7. The lowest BCUT2D eigenvalue weighted by Crippen LogP contribution is -2.39. The molecule has 1 saturated heterocycles. The number of benzene rings is 2. The number of nitrogens with one attached hydrogen (secondary N) is 1. The van der Waals surface area contributed by atoms with E-state index in [0.717, 1.165) is 0 Å². The summed E-state index contributed by atoms with van der Waals surface area (Å²) in [6.07, 6.45) is 2.40. The molecule has 4 rings (SSSR count). The van der Waals surface area contributed by atoms with E-state index >= 15 is 0 Å². The summed E-state index contributed by atoms with van der Waals surface area (Å²) in [7, 11) is 0. The SMILES string of the molecule is O=C(O)[C@@H]1[C@H](C(=O)Nc2ccccc2Oc2ccccc2)[C@@H]2C=C[C@H]1O2. The first-order chi connectivity index (χ1) is 12.6. The van der Waals surface area contributed by atoms with E-state index in [1.165, 1.54) is 0 Å². The zero-order valence-corrected chi connectivity index (χ0v) is 13.7. The molecule has 0 radical (unpaired) electrons. The standard InChI is InChI=1S/C20H17NO5/c22-19(17-15-10-11-16(26-15)18(17)20(23)24)21-13-8-4-5-9-14(13)25-12-6-2-1-3-7-12/h1-11,15-18H,(H,21,22)(H,23,24)/t15-,16+,17+,18-/m0/s1. The summed E-state index contributed by atoms with van der Waals surface area (Å²) in [5, 5.41) is 12.3. The van der Waals surface area contributed by atoms with E-state index in [2.05, 4.69) is 5.32 Å². The number of ether oxygens (including phenoxy) is 2. The Balaban J connectivity index is 1.55. The molecule has 2 aliphatic heterocycles. The Kier molecular flexibility index (Phi) is 4.18. The average molecular weight is 351 g/mol. The molecule has 1 fully saturated rings. The van der Waals surface area contributed by atoms with Crippen molar-refractivity contribution in [1.82, 2.24) is 0 Å². The number of carbonyl (C=O) groups is 2. The predicted molar refractivity (Wildman–Crippen MR) is 94.0 cm³/mol. The van der Waals surface area contributed by atoms with Gasteiger partial charge in [-0.15, -0.1) is 0 Å². The Hall–Kier alpha value is -3.12. The third-order valence-corrected chi connectivity index (χ3v) is 4.60. The third-order valence-electron chi connectivity index (χ3n) is 4.60. The second-order valence-corrected chi connectivity index (χ2v) is 6.24. The van der Waals surface area contributed by atoms with Gasteiger partial charge in [0.05, 0.1) is 23.8 Å². The molecule has 2 aromatic rings. The van der Waals surface area contributed by atoms with E-state index < -0.39 is 35.9 Å². The fourth-order valence-corrected chi connectivity index (χ4v) is 3.41. The number of fused-ring (bicyclic) bond motifs is 2. The van der Waals surface area contributed by atoms with E-state index in [-0.39, 0.29) is 0 Å². The monoisotopic (exact) mass is 351 g/mol. The van der Waals surface area contributed by atoms with E-state index in [9.17, 15) is 14.7 Å². The molecule has 6 heteroatoms. The van der Waals surface area contributed by atoms with Gasteiger partial charge >= 0.3 is 5.97 Å². The van der Waals surface area contributed by atoms with Crippen molar-refractivity contribution in [3.63, 3.8) is 0 Å². The zero-order chi connectivity index (χ0) is 18.1. The quantitative estimate of drug-likeness (QED) is 0.809. The van der Waals surface area contributed by atoms with Crippen LogP contribution in [0, 0.1) is 11.8 Å². The van der Waals surface area contributed by atoms with Crippen LogP contribution in [0.5, 0.6) is 11.5 Å². The van der Waals surface area contributed by atoms with Gasteiger partial charge in [-0.3, -0.25) is 9.59 Å². The van der Waals surface area contributed by atoms with Gasteiger partial charge in [-0.2, -0.15) is 0 Å². The van der Waals surface area contributed by atoms with Crippen LogP contribution in [0.4, 0.5) is 5.69 Å². The minimum atomic E-state index is -1.03. The molecule has 0 aromatic heterocycles. The Morgan fingerprint density at radius 3 is 2.31 bits per heavy atom. The summed E-state index contributed by atoms with van der Waals surface area (Å²) in [5.74, 6) is -1.95. The molecule has 0 unspecified atom stereocenters. The van der Waals surface area contributed by atoms with E-state index in [4.69, 9.17) is 9.47 Å². The molecule has 2 N–H and O–H groups in total. The number of aliphatic carboxylic acids is 1. The molecule has 26 heavy (non-hydrogen) atoms. The maximum Gasteiger partial charge on any atom is 0.310 e. The number of carboxylic acid groups (broad SMARTS) is 1. The van der Waals surface area contributed by atoms with E-state index in [1.54, 1.807) is 36.4 Å². The Morgan fingerprint density at radius 2 is 1.58 bits per heavy atom. The van der Waals surface area contributed by atoms with E-state index in [1.807, 2.05) is 30.3 Å². The van der Waals surface area contributed by atoms with Crippen LogP contribution in [0.1, 0.15) is 0 Å². The van der Waals surface area contributed by atoms with Crippen molar-refractivity contribution < 1.29 is 24.2 Å². The van der Waals surface area contributed by atoms with Crippen LogP contribution in [0.2, 0.25) is 0 Å². The Bertz CT molecular complexity index is 864. The smallest absolute Gasteiger partial charge is 0.310 e. The van der Waals surface area contributed by atoms with Crippen LogP contribution in [0.25, 0.3) is 0 Å². The average Bonchev–Trinajstić information content (AvgIpc) is 3.25. The largest absolute Gasteiger partial charge is 0.481 e. The molecule has 0 spiro atoms. The molecule has 6 nitrogen and oxygen atoms in total. The first kappa shape index (κ1) is 16.4. The molecule has 2 aromatic carbocycles. The molecule has 2 bridgehead atoms. The summed E-state index contributed by atoms with van der Waals surface area (Å²) in [6.45, 7) is 0. The van der Waals surface area contributed by atoms with E-state index in [0.29, 0.717) is 17.2 Å². The summed E-state index contributed by atoms with van der Waals surface area (Å²) in [6, 6.07) is 16.3. The highest BCUT2D eigenvalue weighted by molar-refractivity contribution is 5.97. The third kappa shape index (κ3) is 2.95. The van der Waals surface area contributed by atoms with Gasteiger partial charge in [-0.25, -0.2) is 0 Å². The van der Waals surface area contributed by atoms with Crippen LogP contribution < -0.4 is 10.1 Å². The normalized spacial score (nSPS) is 25.8. The Morgan fingerprint density at radius 1 is 0.923 bits per heavy atom. The van der Waals surface area contributed by atoms with Crippen LogP contribution in [-0.4, -0.2) is 29.2 Å². The van der Waals surface area contributed by atoms with Crippen molar-refractivity contribution in [3.8, 4) is 11.5 Å². The van der Waals surface area contributed by atoms with Crippen LogP contribution in [-0.2, 0) is 14.3 Å². The molecule has 2 heterocycles. The predicted octanol–water partition coefficient (Wildman–Crippen LogP) is 3.07. The van der Waals surface area contributed by atoms with Crippen molar-refractivity contribution in [2.24, 2.45) is 11.8 Å². The maximum atomic E-state index is 12.8. The van der Waals surface area contributed by atoms with Crippen LogP contribution >= 0.6 is 0 Å². The number of amides is 1. The minimum Gasteiger partial charge on any atom is -0.481 e. The lowest BCUT2D eigenvalue weighted by Gasteiger charge is -2.21. The number of hydrogen-bond donors (Lipinski definition) is 2. The molecule has 2 aliphatic rings. The summed E-state index contributed by atoms with van der Waals surface area (Å²) < 4.78 is 11.4. The van der Waals surface area contributed by atoms with Gasteiger partial charge in [0, 0.05) is 0 Å². The van der Waals surface area contributed by atoms with Crippen molar-refractivity contribution in [1.29, 1.82) is 0 Å². The fraction of sp³-hybridized carbons (Fsp3) is 0.200. The van der Waals surface area contributed by atoms with Gasteiger partial charge in [0.15, 0.2) is 5.75 Å².